The summed E-state index contributed by atoms with van der Waals surface area (Å²) in [5.74, 6) is 0.159. The maximum absolute atomic E-state index is 12.5. The molecule has 1 amide bonds. The van der Waals surface area contributed by atoms with E-state index in [4.69, 9.17) is 0 Å². The van der Waals surface area contributed by atoms with Gasteiger partial charge in [-0.05, 0) is 43.5 Å². The molecule has 27 heavy (non-hydrogen) atoms. The minimum absolute atomic E-state index is 0.0454. The smallest absolute Gasteiger partial charge is 0.256 e. The van der Waals surface area contributed by atoms with Crippen LogP contribution in [-0.4, -0.2) is 24.1 Å². The van der Waals surface area contributed by atoms with Crippen molar-refractivity contribution in [2.45, 2.75) is 31.3 Å². The SMILES string of the molecule is CC(C)n1nccc1NC(=O)c1cccc(S(=O)(=O)NCc2cccs2)c1. The molecule has 0 fully saturated rings. The standard InChI is InChI=1S/C18H20N4O3S2/c1-13(2)22-17(8-9-19-22)21-18(23)14-5-3-7-16(11-14)27(24,25)20-12-15-6-4-10-26-15/h3-11,13,20H,12H2,1-2H3,(H,21,23). The van der Waals surface area contributed by atoms with E-state index in [1.165, 1.54) is 23.5 Å². The number of nitrogens with zero attached hydrogens (tertiary/aromatic N) is 2. The third-order valence-corrected chi connectivity index (χ3v) is 6.10. The number of thiophene rings is 1. The lowest BCUT2D eigenvalue weighted by Gasteiger charge is -2.12. The summed E-state index contributed by atoms with van der Waals surface area (Å²) in [7, 11) is -3.72. The molecule has 0 saturated carbocycles. The normalized spacial score (nSPS) is 11.7. The molecule has 3 aromatic rings. The van der Waals surface area contributed by atoms with Crippen LogP contribution in [0.2, 0.25) is 0 Å². The molecule has 142 valence electrons. The zero-order chi connectivity index (χ0) is 19.4. The van der Waals surface area contributed by atoms with Crippen molar-refractivity contribution in [1.82, 2.24) is 14.5 Å². The van der Waals surface area contributed by atoms with Crippen molar-refractivity contribution in [1.29, 1.82) is 0 Å². The van der Waals surface area contributed by atoms with Gasteiger partial charge in [0.25, 0.3) is 5.91 Å². The third-order valence-electron chi connectivity index (χ3n) is 3.82. The maximum atomic E-state index is 12.5. The molecule has 0 aliphatic rings. The minimum Gasteiger partial charge on any atom is -0.307 e. The molecule has 2 heterocycles. The summed E-state index contributed by atoms with van der Waals surface area (Å²) in [5.41, 5.74) is 0.255. The van der Waals surface area contributed by atoms with E-state index in [0.717, 1.165) is 4.88 Å². The van der Waals surface area contributed by atoms with Gasteiger partial charge in [-0.1, -0.05) is 12.1 Å². The van der Waals surface area contributed by atoms with Gasteiger partial charge in [-0.15, -0.1) is 11.3 Å². The number of benzene rings is 1. The molecular weight excluding hydrogens is 384 g/mol. The number of sulfonamides is 1. The maximum Gasteiger partial charge on any atom is 0.256 e. The second-order valence-electron chi connectivity index (χ2n) is 6.14. The van der Waals surface area contributed by atoms with Crippen molar-refractivity contribution in [3.8, 4) is 0 Å². The lowest BCUT2D eigenvalue weighted by molar-refractivity contribution is 0.102. The average molecular weight is 405 g/mol. The summed E-state index contributed by atoms with van der Waals surface area (Å²) in [6.45, 7) is 4.12. The number of carbonyl (C=O) groups excluding carboxylic acids is 1. The van der Waals surface area contributed by atoms with Gasteiger partial charge in [0.15, 0.2) is 0 Å². The molecule has 0 bridgehead atoms. The second kappa shape index (κ2) is 8.03. The lowest BCUT2D eigenvalue weighted by atomic mass is 10.2. The Bertz CT molecular complexity index is 1020. The number of rotatable bonds is 7. The summed E-state index contributed by atoms with van der Waals surface area (Å²) in [6.07, 6.45) is 1.60. The van der Waals surface area contributed by atoms with Crippen LogP contribution < -0.4 is 10.0 Å². The number of amides is 1. The van der Waals surface area contributed by atoms with Crippen LogP contribution >= 0.6 is 11.3 Å². The number of carbonyl (C=O) groups is 1. The van der Waals surface area contributed by atoms with Crippen LogP contribution in [0.5, 0.6) is 0 Å². The van der Waals surface area contributed by atoms with Crippen molar-refractivity contribution in [3.63, 3.8) is 0 Å². The highest BCUT2D eigenvalue weighted by atomic mass is 32.2. The summed E-state index contributed by atoms with van der Waals surface area (Å²) in [6, 6.07) is 11.5. The van der Waals surface area contributed by atoms with Crippen LogP contribution in [0.15, 0.2) is 58.9 Å². The van der Waals surface area contributed by atoms with Gasteiger partial charge in [0.05, 0.1) is 11.1 Å². The molecule has 1 aromatic carbocycles. The fourth-order valence-electron chi connectivity index (χ4n) is 2.48. The van der Waals surface area contributed by atoms with Crippen LogP contribution in [0, 0.1) is 0 Å². The van der Waals surface area contributed by atoms with E-state index >= 15 is 0 Å². The molecule has 0 unspecified atom stereocenters. The van der Waals surface area contributed by atoms with E-state index in [0.29, 0.717) is 5.82 Å². The van der Waals surface area contributed by atoms with E-state index in [9.17, 15) is 13.2 Å². The molecule has 9 heteroatoms. The highest BCUT2D eigenvalue weighted by Crippen LogP contribution is 2.17. The van der Waals surface area contributed by atoms with Crippen LogP contribution in [0.4, 0.5) is 5.82 Å². The number of hydrogen-bond acceptors (Lipinski definition) is 5. The van der Waals surface area contributed by atoms with E-state index in [1.54, 1.807) is 29.1 Å². The minimum atomic E-state index is -3.72. The molecule has 0 aliphatic carbocycles. The van der Waals surface area contributed by atoms with E-state index in [-0.39, 0.29) is 23.0 Å². The zero-order valence-electron chi connectivity index (χ0n) is 14.9. The van der Waals surface area contributed by atoms with Crippen LogP contribution in [0.1, 0.15) is 35.1 Å². The zero-order valence-corrected chi connectivity index (χ0v) is 16.5. The van der Waals surface area contributed by atoms with Gasteiger partial charge in [-0.3, -0.25) is 4.79 Å². The Balaban J connectivity index is 1.76. The molecule has 0 saturated heterocycles. The molecule has 0 atom stereocenters. The average Bonchev–Trinajstić information content (AvgIpc) is 3.32. The van der Waals surface area contributed by atoms with Crippen molar-refractivity contribution >= 4 is 33.1 Å². The predicted octanol–water partition coefficient (Wildman–Crippen LogP) is 3.26. The lowest BCUT2D eigenvalue weighted by Crippen LogP contribution is -2.23. The van der Waals surface area contributed by atoms with Crippen LogP contribution in [-0.2, 0) is 16.6 Å². The molecule has 0 spiro atoms. The van der Waals surface area contributed by atoms with E-state index in [2.05, 4.69) is 15.1 Å². The van der Waals surface area contributed by atoms with Crippen LogP contribution in [0.25, 0.3) is 0 Å². The largest absolute Gasteiger partial charge is 0.307 e. The second-order valence-corrected chi connectivity index (χ2v) is 8.94. The van der Waals surface area contributed by atoms with Gasteiger partial charge >= 0.3 is 0 Å². The Morgan fingerprint density at radius 1 is 1.22 bits per heavy atom. The first-order valence-corrected chi connectivity index (χ1v) is 10.7. The van der Waals surface area contributed by atoms with Gasteiger partial charge < -0.3 is 5.32 Å². The van der Waals surface area contributed by atoms with Gasteiger partial charge in [0.2, 0.25) is 10.0 Å². The van der Waals surface area contributed by atoms with Gasteiger partial charge in [0.1, 0.15) is 5.82 Å². The van der Waals surface area contributed by atoms with Crippen molar-refractivity contribution in [2.24, 2.45) is 0 Å². The number of aromatic nitrogens is 2. The Morgan fingerprint density at radius 3 is 2.74 bits per heavy atom. The van der Waals surface area contributed by atoms with E-state index < -0.39 is 15.9 Å². The number of anilines is 1. The summed E-state index contributed by atoms with van der Waals surface area (Å²) >= 11 is 1.47. The summed E-state index contributed by atoms with van der Waals surface area (Å²) < 4.78 is 29.3. The first kappa shape index (κ1) is 19.3. The molecule has 3 rings (SSSR count). The number of hydrogen-bond donors (Lipinski definition) is 2. The number of nitrogens with one attached hydrogen (secondary N) is 2. The molecule has 2 aromatic heterocycles. The quantitative estimate of drug-likeness (QED) is 0.632. The fraction of sp³-hybridized carbons (Fsp3) is 0.222. The van der Waals surface area contributed by atoms with E-state index in [1.807, 2.05) is 31.4 Å². The predicted molar refractivity (Wildman–Crippen MR) is 105 cm³/mol. The molecule has 0 aliphatic heterocycles. The van der Waals surface area contributed by atoms with Crippen LogP contribution in [0.3, 0.4) is 0 Å². The molecular formula is C18H20N4O3S2. The summed E-state index contributed by atoms with van der Waals surface area (Å²) in [5, 5.41) is 8.82. The van der Waals surface area contributed by atoms with Crippen molar-refractivity contribution < 1.29 is 13.2 Å². The Hall–Kier alpha value is -2.49. The highest BCUT2D eigenvalue weighted by Gasteiger charge is 2.17. The van der Waals surface area contributed by atoms with Crippen molar-refractivity contribution in [2.75, 3.05) is 5.32 Å². The Labute approximate surface area is 162 Å². The topological polar surface area (TPSA) is 93.1 Å². The molecule has 2 N–H and O–H groups in total. The third kappa shape index (κ3) is 4.62. The van der Waals surface area contributed by atoms with Gasteiger partial charge in [-0.25, -0.2) is 17.8 Å². The molecule has 7 nitrogen and oxygen atoms in total. The first-order chi connectivity index (χ1) is 12.9. The van der Waals surface area contributed by atoms with Crippen molar-refractivity contribution in [3.05, 3.63) is 64.5 Å². The highest BCUT2D eigenvalue weighted by molar-refractivity contribution is 7.89. The fourth-order valence-corrected chi connectivity index (χ4v) is 4.27. The molecule has 0 radical (unpaired) electrons. The Morgan fingerprint density at radius 2 is 2.04 bits per heavy atom. The Kier molecular flexibility index (Phi) is 5.73. The van der Waals surface area contributed by atoms with Gasteiger partial charge in [0, 0.05) is 29.1 Å². The summed E-state index contributed by atoms with van der Waals surface area (Å²) in [4.78, 5) is 13.5. The monoisotopic (exact) mass is 404 g/mol. The first-order valence-electron chi connectivity index (χ1n) is 8.34. The van der Waals surface area contributed by atoms with Gasteiger partial charge in [-0.2, -0.15) is 5.10 Å².